The smallest absolute Gasteiger partial charge is 0.257 e. The first-order valence-electron chi connectivity index (χ1n) is 4.99. The van der Waals surface area contributed by atoms with Gasteiger partial charge in [-0.05, 0) is 18.6 Å². The Hall–Kier alpha value is -1.48. The Morgan fingerprint density at radius 3 is 2.94 bits per heavy atom. The highest BCUT2D eigenvalue weighted by Crippen LogP contribution is 2.22. The Morgan fingerprint density at radius 2 is 2.25 bits per heavy atom. The largest absolute Gasteiger partial charge is 0.482 e. The summed E-state index contributed by atoms with van der Waals surface area (Å²) in [7, 11) is 0. The summed E-state index contributed by atoms with van der Waals surface area (Å²) in [5.41, 5.74) is 0. The van der Waals surface area contributed by atoms with Crippen molar-refractivity contribution in [2.75, 3.05) is 13.2 Å². The number of hydrogen-bond acceptors (Lipinski definition) is 2. The van der Waals surface area contributed by atoms with E-state index < -0.39 is 0 Å². The molecule has 4 heteroatoms. The fraction of sp³-hybridized carbons (Fsp3) is 0.250. The normalized spacial score (nSPS) is 9.56. The molecule has 0 saturated carbocycles. The van der Waals surface area contributed by atoms with Gasteiger partial charge in [-0.3, -0.25) is 4.79 Å². The minimum absolute atomic E-state index is 0.0269. The van der Waals surface area contributed by atoms with Crippen LogP contribution in [0, 0.1) is 0 Å². The fourth-order valence-corrected chi connectivity index (χ4v) is 1.26. The molecule has 3 nitrogen and oxygen atoms in total. The van der Waals surface area contributed by atoms with Crippen LogP contribution in [0.25, 0.3) is 0 Å². The molecule has 1 amide bonds. The summed E-state index contributed by atoms with van der Waals surface area (Å²) in [4.78, 5) is 11.3. The van der Waals surface area contributed by atoms with Crippen LogP contribution in [0.2, 0.25) is 5.02 Å². The van der Waals surface area contributed by atoms with E-state index in [1.54, 1.807) is 30.3 Å². The molecule has 0 fully saturated rings. The van der Waals surface area contributed by atoms with Crippen LogP contribution < -0.4 is 10.1 Å². The Kier molecular flexibility index (Phi) is 5.43. The van der Waals surface area contributed by atoms with Gasteiger partial charge >= 0.3 is 0 Å². The number of carbonyl (C=O) groups excluding carboxylic acids is 1. The maximum atomic E-state index is 11.3. The number of para-hydroxylation sites is 1. The van der Waals surface area contributed by atoms with Gasteiger partial charge in [0.1, 0.15) is 5.75 Å². The molecule has 1 rings (SSSR count). The van der Waals surface area contributed by atoms with Crippen molar-refractivity contribution < 1.29 is 9.53 Å². The van der Waals surface area contributed by atoms with E-state index in [1.807, 2.05) is 0 Å². The van der Waals surface area contributed by atoms with Crippen molar-refractivity contribution in [2.24, 2.45) is 0 Å². The zero-order valence-corrected chi connectivity index (χ0v) is 9.67. The highest BCUT2D eigenvalue weighted by atomic mass is 35.5. The van der Waals surface area contributed by atoms with Crippen molar-refractivity contribution in [2.45, 2.75) is 6.42 Å². The number of benzene rings is 1. The molecule has 0 aliphatic carbocycles. The predicted octanol–water partition coefficient (Wildman–Crippen LogP) is 2.41. The molecular formula is C12H14ClNO2. The molecule has 0 atom stereocenters. The molecule has 0 unspecified atom stereocenters. The summed E-state index contributed by atoms with van der Waals surface area (Å²) in [5, 5.41) is 3.20. The highest BCUT2D eigenvalue weighted by molar-refractivity contribution is 6.32. The van der Waals surface area contributed by atoms with E-state index in [-0.39, 0.29) is 12.5 Å². The van der Waals surface area contributed by atoms with Gasteiger partial charge in [0.05, 0.1) is 5.02 Å². The third-order valence-corrected chi connectivity index (χ3v) is 2.18. The molecule has 16 heavy (non-hydrogen) atoms. The summed E-state index contributed by atoms with van der Waals surface area (Å²) < 4.78 is 5.26. The molecule has 1 aromatic carbocycles. The van der Waals surface area contributed by atoms with Gasteiger partial charge in [-0.2, -0.15) is 0 Å². The van der Waals surface area contributed by atoms with Gasteiger partial charge < -0.3 is 10.1 Å². The summed E-state index contributed by atoms with van der Waals surface area (Å²) in [6.45, 7) is 4.11. The van der Waals surface area contributed by atoms with Crippen LogP contribution >= 0.6 is 11.6 Å². The number of amides is 1. The van der Waals surface area contributed by atoms with Crippen LogP contribution in [0.5, 0.6) is 5.75 Å². The first-order chi connectivity index (χ1) is 7.74. The zero-order valence-electron chi connectivity index (χ0n) is 8.91. The van der Waals surface area contributed by atoms with Crippen LogP contribution in [0.4, 0.5) is 0 Å². The summed E-state index contributed by atoms with van der Waals surface area (Å²) in [5.74, 6) is 0.352. The second kappa shape index (κ2) is 6.90. The minimum atomic E-state index is -0.165. The van der Waals surface area contributed by atoms with E-state index in [2.05, 4.69) is 11.9 Å². The van der Waals surface area contributed by atoms with Gasteiger partial charge in [-0.15, -0.1) is 6.58 Å². The van der Waals surface area contributed by atoms with E-state index >= 15 is 0 Å². The Bertz CT molecular complexity index is 366. The highest BCUT2D eigenvalue weighted by Gasteiger charge is 2.03. The van der Waals surface area contributed by atoms with Crippen molar-refractivity contribution in [3.8, 4) is 5.75 Å². The molecule has 0 saturated heterocycles. The second-order valence-electron chi connectivity index (χ2n) is 3.15. The molecule has 0 aliphatic rings. The standard InChI is InChI=1S/C12H14ClNO2/c1-2-3-8-14-12(15)9-16-11-7-5-4-6-10(11)13/h2,4-7H,1,3,8-9H2,(H,14,15). The monoisotopic (exact) mass is 239 g/mol. The Morgan fingerprint density at radius 1 is 1.50 bits per heavy atom. The number of ether oxygens (including phenoxy) is 1. The lowest BCUT2D eigenvalue weighted by Gasteiger charge is -2.07. The van der Waals surface area contributed by atoms with Crippen LogP contribution in [-0.2, 0) is 4.79 Å². The zero-order chi connectivity index (χ0) is 11.8. The molecule has 0 spiro atoms. The average molecular weight is 240 g/mol. The van der Waals surface area contributed by atoms with E-state index in [9.17, 15) is 4.79 Å². The second-order valence-corrected chi connectivity index (χ2v) is 3.55. The molecule has 0 radical (unpaired) electrons. The quantitative estimate of drug-likeness (QED) is 0.612. The number of carbonyl (C=O) groups is 1. The first-order valence-corrected chi connectivity index (χ1v) is 5.36. The van der Waals surface area contributed by atoms with Crippen LogP contribution in [-0.4, -0.2) is 19.1 Å². The van der Waals surface area contributed by atoms with E-state index in [1.165, 1.54) is 0 Å². The van der Waals surface area contributed by atoms with Crippen molar-refractivity contribution in [3.05, 3.63) is 41.9 Å². The molecule has 0 heterocycles. The molecule has 1 aromatic rings. The van der Waals surface area contributed by atoms with Crippen LogP contribution in [0.15, 0.2) is 36.9 Å². The molecular weight excluding hydrogens is 226 g/mol. The van der Waals surface area contributed by atoms with Crippen molar-refractivity contribution in [1.82, 2.24) is 5.32 Å². The maximum Gasteiger partial charge on any atom is 0.257 e. The summed E-state index contributed by atoms with van der Waals surface area (Å²) in [6, 6.07) is 7.04. The summed E-state index contributed by atoms with van der Waals surface area (Å²) >= 11 is 5.86. The van der Waals surface area contributed by atoms with E-state index in [4.69, 9.17) is 16.3 Å². The average Bonchev–Trinajstić information content (AvgIpc) is 2.28. The van der Waals surface area contributed by atoms with E-state index in [0.29, 0.717) is 17.3 Å². The minimum Gasteiger partial charge on any atom is -0.482 e. The van der Waals surface area contributed by atoms with Crippen LogP contribution in [0.3, 0.4) is 0 Å². The third-order valence-electron chi connectivity index (χ3n) is 1.87. The third kappa shape index (κ3) is 4.36. The predicted molar refractivity (Wildman–Crippen MR) is 64.8 cm³/mol. The molecule has 0 aromatic heterocycles. The lowest BCUT2D eigenvalue weighted by atomic mass is 10.3. The van der Waals surface area contributed by atoms with Gasteiger partial charge in [0, 0.05) is 6.54 Å². The number of hydrogen-bond donors (Lipinski definition) is 1. The van der Waals surface area contributed by atoms with E-state index in [0.717, 1.165) is 6.42 Å². The van der Waals surface area contributed by atoms with Gasteiger partial charge in [0.15, 0.2) is 6.61 Å². The van der Waals surface area contributed by atoms with Gasteiger partial charge in [0.25, 0.3) is 5.91 Å². The molecule has 0 bridgehead atoms. The first kappa shape index (κ1) is 12.6. The van der Waals surface area contributed by atoms with Gasteiger partial charge in [-0.25, -0.2) is 0 Å². The van der Waals surface area contributed by atoms with Gasteiger partial charge in [-0.1, -0.05) is 29.8 Å². The van der Waals surface area contributed by atoms with Crippen LogP contribution in [0.1, 0.15) is 6.42 Å². The lowest BCUT2D eigenvalue weighted by molar-refractivity contribution is -0.123. The summed E-state index contributed by atoms with van der Waals surface area (Å²) in [6.07, 6.45) is 2.49. The van der Waals surface area contributed by atoms with Gasteiger partial charge in [0.2, 0.25) is 0 Å². The lowest BCUT2D eigenvalue weighted by Crippen LogP contribution is -2.29. The molecule has 86 valence electrons. The Labute approximate surface area is 100 Å². The SMILES string of the molecule is C=CCCNC(=O)COc1ccccc1Cl. The van der Waals surface area contributed by atoms with Crippen molar-refractivity contribution in [3.63, 3.8) is 0 Å². The molecule has 0 aliphatic heterocycles. The maximum absolute atomic E-state index is 11.3. The van der Waals surface area contributed by atoms with Crippen molar-refractivity contribution >= 4 is 17.5 Å². The fourth-order valence-electron chi connectivity index (χ4n) is 1.07. The van der Waals surface area contributed by atoms with Crippen molar-refractivity contribution in [1.29, 1.82) is 0 Å². The Balaban J connectivity index is 2.31. The topological polar surface area (TPSA) is 38.3 Å². The number of nitrogens with one attached hydrogen (secondary N) is 1. The number of halogens is 1. The number of rotatable bonds is 6. The molecule has 1 N–H and O–H groups in total.